The summed E-state index contributed by atoms with van der Waals surface area (Å²) in [6.45, 7) is 0. The standard InChI is InChI=1S/C22H23O3P/c23-26(24,21-11-3-1-4-12-21)25-22(15-7-2-8-16-22)20-14-13-18-9-5-6-10-19(18)17-20/h1,3-6,9-14,17H,2,7-8,15-16H2,(H,23,24). The summed E-state index contributed by atoms with van der Waals surface area (Å²) in [6, 6.07) is 23.1. The third-order valence-electron chi connectivity index (χ3n) is 5.32. The molecule has 134 valence electrons. The van der Waals surface area contributed by atoms with Crippen LogP contribution >= 0.6 is 7.60 Å². The Bertz CT molecular complexity index is 946. The molecule has 0 bridgehead atoms. The van der Waals surface area contributed by atoms with Gasteiger partial charge in [0.05, 0.1) is 5.30 Å². The van der Waals surface area contributed by atoms with Crippen molar-refractivity contribution in [3.63, 3.8) is 0 Å². The minimum Gasteiger partial charge on any atom is -0.321 e. The van der Waals surface area contributed by atoms with Crippen molar-refractivity contribution in [3.8, 4) is 0 Å². The van der Waals surface area contributed by atoms with E-state index in [1.807, 2.05) is 18.2 Å². The Morgan fingerprint density at radius 3 is 2.19 bits per heavy atom. The van der Waals surface area contributed by atoms with Crippen LogP contribution in [0.25, 0.3) is 10.8 Å². The van der Waals surface area contributed by atoms with Crippen LogP contribution in [0.4, 0.5) is 0 Å². The Morgan fingerprint density at radius 1 is 0.808 bits per heavy atom. The summed E-state index contributed by atoms with van der Waals surface area (Å²) in [5, 5.41) is 2.65. The van der Waals surface area contributed by atoms with Crippen LogP contribution in [-0.2, 0) is 14.7 Å². The molecule has 1 saturated carbocycles. The lowest BCUT2D eigenvalue weighted by Crippen LogP contribution is -2.32. The van der Waals surface area contributed by atoms with Gasteiger partial charge in [-0.2, -0.15) is 0 Å². The van der Waals surface area contributed by atoms with Crippen LogP contribution in [0.2, 0.25) is 0 Å². The maximum atomic E-state index is 13.1. The summed E-state index contributed by atoms with van der Waals surface area (Å²) in [5.41, 5.74) is 0.295. The average molecular weight is 366 g/mol. The van der Waals surface area contributed by atoms with Crippen molar-refractivity contribution in [1.82, 2.24) is 0 Å². The van der Waals surface area contributed by atoms with Gasteiger partial charge in [-0.25, -0.2) is 0 Å². The lowest BCUT2D eigenvalue weighted by molar-refractivity contribution is 0.0192. The molecule has 1 N–H and O–H groups in total. The highest BCUT2D eigenvalue weighted by molar-refractivity contribution is 7.61. The molecular formula is C22H23O3P. The van der Waals surface area contributed by atoms with Gasteiger partial charge >= 0.3 is 7.60 Å². The number of hydrogen-bond donors (Lipinski definition) is 1. The molecule has 0 aliphatic heterocycles. The van der Waals surface area contributed by atoms with E-state index in [1.54, 1.807) is 24.3 Å². The summed E-state index contributed by atoms with van der Waals surface area (Å²) in [5.74, 6) is 0. The highest BCUT2D eigenvalue weighted by atomic mass is 31.2. The number of fused-ring (bicyclic) bond motifs is 1. The fraction of sp³-hybridized carbons (Fsp3) is 0.273. The second-order valence-corrected chi connectivity index (χ2v) is 8.80. The summed E-state index contributed by atoms with van der Waals surface area (Å²) in [7, 11) is -3.90. The van der Waals surface area contributed by atoms with Gasteiger partial charge in [0, 0.05) is 0 Å². The van der Waals surface area contributed by atoms with Gasteiger partial charge in [0.1, 0.15) is 5.60 Å². The van der Waals surface area contributed by atoms with Gasteiger partial charge in [-0.1, -0.05) is 73.9 Å². The van der Waals surface area contributed by atoms with E-state index in [1.165, 1.54) is 0 Å². The second-order valence-electron chi connectivity index (χ2n) is 7.06. The van der Waals surface area contributed by atoms with Crippen molar-refractivity contribution in [2.45, 2.75) is 37.7 Å². The summed E-state index contributed by atoms with van der Waals surface area (Å²) in [6.07, 6.45) is 4.68. The fourth-order valence-corrected chi connectivity index (χ4v) is 5.35. The zero-order valence-electron chi connectivity index (χ0n) is 14.7. The van der Waals surface area contributed by atoms with Crippen molar-refractivity contribution >= 4 is 23.7 Å². The summed E-state index contributed by atoms with van der Waals surface area (Å²) >= 11 is 0. The predicted octanol–water partition coefficient (Wildman–Crippen LogP) is 5.53. The molecule has 0 amide bonds. The Balaban J connectivity index is 1.76. The molecule has 1 fully saturated rings. The van der Waals surface area contributed by atoms with E-state index in [9.17, 15) is 9.46 Å². The monoisotopic (exact) mass is 366 g/mol. The quantitative estimate of drug-likeness (QED) is 0.618. The van der Waals surface area contributed by atoms with Crippen molar-refractivity contribution in [2.24, 2.45) is 0 Å². The van der Waals surface area contributed by atoms with E-state index < -0.39 is 13.2 Å². The van der Waals surface area contributed by atoms with Gasteiger partial charge < -0.3 is 4.89 Å². The molecule has 0 heterocycles. The minimum atomic E-state index is -3.90. The van der Waals surface area contributed by atoms with Gasteiger partial charge in [-0.3, -0.25) is 9.09 Å². The van der Waals surface area contributed by atoms with Crippen molar-refractivity contribution in [2.75, 3.05) is 0 Å². The fourth-order valence-electron chi connectivity index (χ4n) is 3.93. The first-order valence-electron chi connectivity index (χ1n) is 9.18. The average Bonchev–Trinajstić information content (AvgIpc) is 2.69. The molecule has 1 unspecified atom stereocenters. The first kappa shape index (κ1) is 17.5. The van der Waals surface area contributed by atoms with Gasteiger partial charge in [0.25, 0.3) is 0 Å². The normalized spacial score (nSPS) is 19.1. The summed E-state index contributed by atoms with van der Waals surface area (Å²) in [4.78, 5) is 10.7. The second kappa shape index (κ2) is 7.00. The zero-order chi connectivity index (χ0) is 18.0. The van der Waals surface area contributed by atoms with Gasteiger partial charge in [0.15, 0.2) is 0 Å². The molecule has 26 heavy (non-hydrogen) atoms. The van der Waals surface area contributed by atoms with Crippen LogP contribution in [-0.4, -0.2) is 4.89 Å². The Morgan fingerprint density at radius 2 is 1.46 bits per heavy atom. The third-order valence-corrected chi connectivity index (χ3v) is 6.87. The molecule has 1 aliphatic rings. The van der Waals surface area contributed by atoms with Crippen LogP contribution in [0.1, 0.15) is 37.7 Å². The van der Waals surface area contributed by atoms with Gasteiger partial charge in [-0.05, 0) is 47.4 Å². The first-order chi connectivity index (χ1) is 12.6. The van der Waals surface area contributed by atoms with E-state index >= 15 is 0 Å². The lowest BCUT2D eigenvalue weighted by Gasteiger charge is -2.39. The van der Waals surface area contributed by atoms with Gasteiger partial charge in [0.2, 0.25) is 0 Å². The van der Waals surface area contributed by atoms with Crippen LogP contribution in [0.5, 0.6) is 0 Å². The van der Waals surface area contributed by atoms with Crippen molar-refractivity contribution < 1.29 is 14.0 Å². The van der Waals surface area contributed by atoms with Crippen LogP contribution in [0.3, 0.4) is 0 Å². The molecule has 0 aromatic heterocycles. The van der Waals surface area contributed by atoms with E-state index in [2.05, 4.69) is 30.3 Å². The zero-order valence-corrected chi connectivity index (χ0v) is 15.6. The van der Waals surface area contributed by atoms with Crippen molar-refractivity contribution in [1.29, 1.82) is 0 Å². The molecule has 4 heteroatoms. The topological polar surface area (TPSA) is 46.5 Å². The first-order valence-corrected chi connectivity index (χ1v) is 10.8. The Kier molecular flexibility index (Phi) is 4.71. The van der Waals surface area contributed by atoms with E-state index in [0.717, 1.165) is 48.4 Å². The molecule has 4 rings (SSSR count). The summed E-state index contributed by atoms with van der Waals surface area (Å²) < 4.78 is 19.2. The Hall–Kier alpha value is -1.93. The molecule has 0 spiro atoms. The molecule has 3 nitrogen and oxygen atoms in total. The maximum Gasteiger partial charge on any atom is 0.359 e. The van der Waals surface area contributed by atoms with Crippen molar-refractivity contribution in [3.05, 3.63) is 78.4 Å². The van der Waals surface area contributed by atoms with Crippen LogP contribution in [0, 0.1) is 0 Å². The number of benzene rings is 3. The van der Waals surface area contributed by atoms with E-state index in [-0.39, 0.29) is 0 Å². The SMILES string of the molecule is O=P(O)(OC1(c2ccc3ccccc3c2)CCCCC1)c1ccccc1. The molecule has 0 saturated heterocycles. The predicted molar refractivity (Wildman–Crippen MR) is 106 cm³/mol. The smallest absolute Gasteiger partial charge is 0.321 e. The molecule has 0 radical (unpaired) electrons. The molecule has 3 aromatic carbocycles. The molecule has 3 aromatic rings. The molecule has 1 aliphatic carbocycles. The van der Waals surface area contributed by atoms with E-state index in [0.29, 0.717) is 5.30 Å². The Labute approximate surface area is 154 Å². The molecule has 1 atom stereocenters. The van der Waals surface area contributed by atoms with E-state index in [4.69, 9.17) is 4.52 Å². The minimum absolute atomic E-state index is 0.353. The van der Waals surface area contributed by atoms with Gasteiger partial charge in [-0.15, -0.1) is 0 Å². The highest BCUT2D eigenvalue weighted by Crippen LogP contribution is 2.53. The third kappa shape index (κ3) is 3.35. The lowest BCUT2D eigenvalue weighted by atomic mass is 9.79. The van der Waals surface area contributed by atoms with Crippen LogP contribution < -0.4 is 5.30 Å². The largest absolute Gasteiger partial charge is 0.359 e. The number of hydrogen-bond acceptors (Lipinski definition) is 2. The number of rotatable bonds is 4. The maximum absolute atomic E-state index is 13.1. The molecular weight excluding hydrogens is 343 g/mol. The van der Waals surface area contributed by atoms with Crippen LogP contribution in [0.15, 0.2) is 72.8 Å². The highest BCUT2D eigenvalue weighted by Gasteiger charge is 2.41.